The molecule has 0 saturated carbocycles. The van der Waals surface area contributed by atoms with Crippen LogP contribution in [0.25, 0.3) is 5.03 Å². The van der Waals surface area contributed by atoms with Gasteiger partial charge in [0.15, 0.2) is 0 Å². The van der Waals surface area contributed by atoms with Crippen molar-refractivity contribution in [3.8, 4) is 0 Å². The third-order valence-electron chi connectivity index (χ3n) is 3.25. The normalized spacial score (nSPS) is 12.8. The van der Waals surface area contributed by atoms with Crippen LogP contribution in [0.15, 0.2) is 51.7 Å². The summed E-state index contributed by atoms with van der Waals surface area (Å²) in [5.74, 6) is 0.395. The number of halogens is 2. The molecule has 0 radical (unpaired) electrons. The van der Waals surface area contributed by atoms with Crippen molar-refractivity contribution in [2.75, 3.05) is 5.32 Å². The van der Waals surface area contributed by atoms with Gasteiger partial charge in [-0.2, -0.15) is 0 Å². The number of nitrogens with one attached hydrogen (secondary N) is 1. The zero-order chi connectivity index (χ0) is 17.7. The van der Waals surface area contributed by atoms with Crippen molar-refractivity contribution in [1.82, 2.24) is 0 Å². The lowest BCUT2D eigenvalue weighted by Gasteiger charge is -2.16. The summed E-state index contributed by atoms with van der Waals surface area (Å²) in [7, 11) is 0. The highest BCUT2D eigenvalue weighted by atomic mass is 35.5. The molecule has 126 valence electrons. The molecule has 1 heterocycles. The summed E-state index contributed by atoms with van der Waals surface area (Å²) in [6, 6.07) is 10.6. The van der Waals surface area contributed by atoms with E-state index in [1.54, 1.807) is 13.0 Å². The number of para-hydroxylation sites is 1. The SMILES string of the molecule is CC(=O)CC(/C=C(\Cl)c1c(Cl)cc(C)oc1=O)Nc1ccccc1. The van der Waals surface area contributed by atoms with Crippen LogP contribution in [-0.2, 0) is 4.79 Å². The minimum absolute atomic E-state index is 0.00816. The predicted molar refractivity (Wildman–Crippen MR) is 97.7 cm³/mol. The van der Waals surface area contributed by atoms with Crippen LogP contribution in [0.5, 0.6) is 0 Å². The van der Waals surface area contributed by atoms with Gasteiger partial charge in [-0.25, -0.2) is 4.79 Å². The van der Waals surface area contributed by atoms with Gasteiger partial charge in [-0.05, 0) is 38.1 Å². The molecule has 24 heavy (non-hydrogen) atoms. The van der Waals surface area contributed by atoms with Gasteiger partial charge >= 0.3 is 5.63 Å². The van der Waals surface area contributed by atoms with E-state index in [-0.39, 0.29) is 33.9 Å². The number of hydrogen-bond acceptors (Lipinski definition) is 4. The van der Waals surface area contributed by atoms with E-state index in [4.69, 9.17) is 27.6 Å². The second-order valence-corrected chi connectivity index (χ2v) is 6.22. The molecule has 2 rings (SSSR count). The first-order chi connectivity index (χ1) is 11.4. The first-order valence-corrected chi connectivity index (χ1v) is 8.11. The molecule has 0 aliphatic rings. The van der Waals surface area contributed by atoms with Gasteiger partial charge in [0.05, 0.1) is 21.7 Å². The number of aryl methyl sites for hydroxylation is 1. The lowest BCUT2D eigenvalue weighted by molar-refractivity contribution is -0.117. The summed E-state index contributed by atoms with van der Waals surface area (Å²) >= 11 is 12.4. The first kappa shape index (κ1) is 18.3. The van der Waals surface area contributed by atoms with Crippen LogP contribution >= 0.6 is 23.2 Å². The lowest BCUT2D eigenvalue weighted by Crippen LogP contribution is -2.20. The van der Waals surface area contributed by atoms with Crippen molar-refractivity contribution >= 4 is 39.7 Å². The van der Waals surface area contributed by atoms with Crippen LogP contribution in [0, 0.1) is 6.92 Å². The number of ketones is 1. The fourth-order valence-corrected chi connectivity index (χ4v) is 2.97. The molecule has 1 atom stereocenters. The van der Waals surface area contributed by atoms with E-state index in [9.17, 15) is 9.59 Å². The molecule has 1 N–H and O–H groups in total. The predicted octanol–water partition coefficient (Wildman–Crippen LogP) is 4.64. The Bertz CT molecular complexity index is 813. The highest BCUT2D eigenvalue weighted by Gasteiger charge is 2.16. The van der Waals surface area contributed by atoms with Crippen molar-refractivity contribution in [3.63, 3.8) is 0 Å². The van der Waals surface area contributed by atoms with Gasteiger partial charge in [0.25, 0.3) is 0 Å². The first-order valence-electron chi connectivity index (χ1n) is 7.35. The Hall–Kier alpha value is -2.04. The summed E-state index contributed by atoms with van der Waals surface area (Å²) in [5.41, 5.74) is 0.321. The summed E-state index contributed by atoms with van der Waals surface area (Å²) in [6.07, 6.45) is 1.82. The molecule has 0 spiro atoms. The number of Topliss-reactive ketones (excluding diaryl/α,β-unsaturated/α-hetero) is 1. The van der Waals surface area contributed by atoms with E-state index in [1.807, 2.05) is 30.3 Å². The quantitative estimate of drug-likeness (QED) is 0.809. The number of anilines is 1. The fourth-order valence-electron chi connectivity index (χ4n) is 2.26. The largest absolute Gasteiger partial charge is 0.428 e. The van der Waals surface area contributed by atoms with Gasteiger partial charge in [-0.1, -0.05) is 41.4 Å². The molecular formula is C18H17Cl2NO3. The Labute approximate surface area is 150 Å². The number of benzene rings is 1. The fraction of sp³-hybridized carbons (Fsp3) is 0.222. The maximum Gasteiger partial charge on any atom is 0.346 e. The van der Waals surface area contributed by atoms with Crippen molar-refractivity contribution < 1.29 is 9.21 Å². The maximum atomic E-state index is 12.0. The highest BCUT2D eigenvalue weighted by Crippen LogP contribution is 2.26. The molecule has 2 aromatic rings. The molecule has 0 fully saturated rings. The third-order valence-corrected chi connectivity index (χ3v) is 3.86. The van der Waals surface area contributed by atoms with Crippen LogP contribution in [-0.4, -0.2) is 11.8 Å². The van der Waals surface area contributed by atoms with Gasteiger partial charge in [0.1, 0.15) is 11.5 Å². The van der Waals surface area contributed by atoms with Crippen molar-refractivity contribution in [2.24, 2.45) is 0 Å². The van der Waals surface area contributed by atoms with Gasteiger partial charge in [-0.15, -0.1) is 0 Å². The van der Waals surface area contributed by atoms with Crippen LogP contribution in [0.4, 0.5) is 5.69 Å². The molecule has 0 amide bonds. The van der Waals surface area contributed by atoms with Crippen LogP contribution in [0.3, 0.4) is 0 Å². The molecule has 0 bridgehead atoms. The second kappa shape index (κ2) is 8.18. The Morgan fingerprint density at radius 2 is 2.00 bits per heavy atom. The maximum absolute atomic E-state index is 12.0. The molecule has 1 aromatic heterocycles. The zero-order valence-corrected chi connectivity index (χ0v) is 14.8. The van der Waals surface area contributed by atoms with Crippen molar-refractivity contribution in [3.05, 3.63) is 69.2 Å². The van der Waals surface area contributed by atoms with Crippen molar-refractivity contribution in [1.29, 1.82) is 0 Å². The minimum Gasteiger partial charge on any atom is -0.428 e. The van der Waals surface area contributed by atoms with Crippen molar-refractivity contribution in [2.45, 2.75) is 26.3 Å². The van der Waals surface area contributed by atoms with E-state index < -0.39 is 5.63 Å². The standard InChI is InChI=1S/C18H17Cl2NO3/c1-11(22)8-14(21-13-6-4-3-5-7-13)10-16(20)17-15(19)9-12(2)24-18(17)23/h3-7,9-10,14,21H,8H2,1-2H3/b16-10-. The van der Waals surface area contributed by atoms with Gasteiger partial charge in [-0.3, -0.25) is 4.79 Å². The Morgan fingerprint density at radius 1 is 1.33 bits per heavy atom. The number of carbonyl (C=O) groups is 1. The van der Waals surface area contributed by atoms with E-state index in [0.29, 0.717) is 5.76 Å². The van der Waals surface area contributed by atoms with E-state index in [1.165, 1.54) is 13.0 Å². The molecule has 1 unspecified atom stereocenters. The van der Waals surface area contributed by atoms with Gasteiger partial charge in [0.2, 0.25) is 0 Å². The smallest absolute Gasteiger partial charge is 0.346 e. The zero-order valence-electron chi connectivity index (χ0n) is 13.3. The van der Waals surface area contributed by atoms with Crippen LogP contribution < -0.4 is 10.9 Å². The third kappa shape index (κ3) is 4.98. The number of hydrogen-bond donors (Lipinski definition) is 1. The molecule has 0 aliphatic heterocycles. The average Bonchev–Trinajstić information content (AvgIpc) is 2.46. The van der Waals surface area contributed by atoms with E-state index >= 15 is 0 Å². The highest BCUT2D eigenvalue weighted by molar-refractivity contribution is 6.50. The number of carbonyl (C=O) groups excluding carboxylic acids is 1. The Morgan fingerprint density at radius 3 is 2.58 bits per heavy atom. The molecule has 0 aliphatic carbocycles. The van der Waals surface area contributed by atoms with Gasteiger partial charge in [0, 0.05) is 12.1 Å². The minimum atomic E-state index is -0.609. The number of rotatable bonds is 6. The molecule has 6 heteroatoms. The van der Waals surface area contributed by atoms with Crippen LogP contribution in [0.1, 0.15) is 24.7 Å². The molecule has 0 saturated heterocycles. The topological polar surface area (TPSA) is 59.3 Å². The summed E-state index contributed by atoms with van der Waals surface area (Å²) in [4.78, 5) is 23.5. The second-order valence-electron chi connectivity index (χ2n) is 5.41. The van der Waals surface area contributed by atoms with E-state index in [2.05, 4.69) is 5.32 Å². The molecule has 1 aromatic carbocycles. The van der Waals surface area contributed by atoms with Gasteiger partial charge < -0.3 is 9.73 Å². The Balaban J connectivity index is 2.35. The molecular weight excluding hydrogens is 349 g/mol. The van der Waals surface area contributed by atoms with Crippen LogP contribution in [0.2, 0.25) is 5.02 Å². The monoisotopic (exact) mass is 365 g/mol. The summed E-state index contributed by atoms with van der Waals surface area (Å²) in [6.45, 7) is 3.12. The Kier molecular flexibility index (Phi) is 6.23. The summed E-state index contributed by atoms with van der Waals surface area (Å²) in [5, 5.41) is 3.56. The average molecular weight is 366 g/mol. The summed E-state index contributed by atoms with van der Waals surface area (Å²) < 4.78 is 5.04. The van der Waals surface area contributed by atoms with E-state index in [0.717, 1.165) is 5.69 Å². The molecule has 4 nitrogen and oxygen atoms in total. The lowest BCUT2D eigenvalue weighted by atomic mass is 10.1.